The van der Waals surface area contributed by atoms with Gasteiger partial charge in [-0.3, -0.25) is 0 Å². The van der Waals surface area contributed by atoms with E-state index in [0.29, 0.717) is 0 Å². The number of aromatic nitrogens is 1. The molecular formula is C17H21ClN2. The van der Waals surface area contributed by atoms with Crippen LogP contribution >= 0.6 is 11.6 Å². The summed E-state index contributed by atoms with van der Waals surface area (Å²) in [7, 11) is 0. The molecule has 2 aromatic rings. The number of benzene rings is 1. The van der Waals surface area contributed by atoms with Crippen molar-refractivity contribution in [2.24, 2.45) is 11.1 Å². The molecule has 3 rings (SSSR count). The predicted octanol–water partition coefficient (Wildman–Crippen LogP) is 4.41. The molecule has 2 N–H and O–H groups in total. The summed E-state index contributed by atoms with van der Waals surface area (Å²) in [6, 6.07) is 8.36. The van der Waals surface area contributed by atoms with Gasteiger partial charge in [0.25, 0.3) is 0 Å². The van der Waals surface area contributed by atoms with E-state index in [2.05, 4.69) is 43.7 Å². The molecule has 0 fully saturated rings. The fourth-order valence-electron chi connectivity index (χ4n) is 3.32. The molecular weight excluding hydrogens is 268 g/mol. The Hall–Kier alpha value is -1.25. The van der Waals surface area contributed by atoms with Gasteiger partial charge in [0.05, 0.1) is 0 Å². The van der Waals surface area contributed by atoms with Crippen LogP contribution in [0.25, 0.3) is 5.69 Å². The molecule has 0 bridgehead atoms. The molecule has 1 aliphatic carbocycles. The monoisotopic (exact) mass is 288 g/mol. The summed E-state index contributed by atoms with van der Waals surface area (Å²) in [4.78, 5) is 0. The molecule has 0 spiro atoms. The third-order valence-corrected chi connectivity index (χ3v) is 4.75. The molecule has 1 heterocycles. The maximum atomic E-state index is 6.34. The summed E-state index contributed by atoms with van der Waals surface area (Å²) in [5.74, 6) is 0. The van der Waals surface area contributed by atoms with Crippen LogP contribution in [0, 0.1) is 12.3 Å². The molecule has 0 radical (unpaired) electrons. The Morgan fingerprint density at radius 2 is 2.05 bits per heavy atom. The van der Waals surface area contributed by atoms with Crippen molar-refractivity contribution in [2.45, 2.75) is 39.7 Å². The van der Waals surface area contributed by atoms with Gasteiger partial charge in [-0.1, -0.05) is 31.5 Å². The number of hydrogen-bond donors (Lipinski definition) is 1. The number of halogens is 1. The number of fused-ring (bicyclic) bond motifs is 1. The first-order chi connectivity index (χ1) is 9.39. The minimum Gasteiger partial charge on any atom is -0.324 e. The topological polar surface area (TPSA) is 30.9 Å². The fourth-order valence-corrected chi connectivity index (χ4v) is 3.49. The second-order valence-electron chi connectivity index (χ2n) is 6.62. The van der Waals surface area contributed by atoms with Crippen LogP contribution in [-0.2, 0) is 6.42 Å². The lowest BCUT2D eigenvalue weighted by Crippen LogP contribution is -2.30. The van der Waals surface area contributed by atoms with Gasteiger partial charge in [0.1, 0.15) is 0 Å². The summed E-state index contributed by atoms with van der Waals surface area (Å²) in [6.45, 7) is 6.65. The van der Waals surface area contributed by atoms with Gasteiger partial charge >= 0.3 is 0 Å². The maximum absolute atomic E-state index is 6.34. The van der Waals surface area contributed by atoms with E-state index in [4.69, 9.17) is 17.3 Å². The summed E-state index contributed by atoms with van der Waals surface area (Å²) in [5.41, 5.74) is 11.5. The molecule has 0 aliphatic heterocycles. The average Bonchev–Trinajstić information content (AvgIpc) is 2.75. The van der Waals surface area contributed by atoms with Crippen molar-refractivity contribution in [3.05, 3.63) is 52.3 Å². The lowest BCUT2D eigenvalue weighted by atomic mass is 9.74. The van der Waals surface area contributed by atoms with Crippen LogP contribution in [0.5, 0.6) is 0 Å². The molecule has 3 heteroatoms. The number of rotatable bonds is 1. The van der Waals surface area contributed by atoms with E-state index >= 15 is 0 Å². The number of hydrogen-bond acceptors (Lipinski definition) is 1. The Morgan fingerprint density at radius 1 is 1.30 bits per heavy atom. The van der Waals surface area contributed by atoms with Gasteiger partial charge in [-0.15, -0.1) is 0 Å². The average molecular weight is 289 g/mol. The van der Waals surface area contributed by atoms with Gasteiger partial charge in [-0.2, -0.15) is 0 Å². The summed E-state index contributed by atoms with van der Waals surface area (Å²) in [6.07, 6.45) is 4.22. The summed E-state index contributed by atoms with van der Waals surface area (Å²) >= 11 is 6.26. The second-order valence-corrected chi connectivity index (χ2v) is 7.03. The van der Waals surface area contributed by atoms with Gasteiger partial charge < -0.3 is 10.3 Å². The first-order valence-corrected chi connectivity index (χ1v) is 7.48. The van der Waals surface area contributed by atoms with Crippen LogP contribution < -0.4 is 5.73 Å². The van der Waals surface area contributed by atoms with E-state index in [1.54, 1.807) is 0 Å². The van der Waals surface area contributed by atoms with E-state index < -0.39 is 0 Å². The van der Waals surface area contributed by atoms with Crippen LogP contribution in [-0.4, -0.2) is 4.57 Å². The van der Waals surface area contributed by atoms with E-state index in [1.807, 2.05) is 12.1 Å². The van der Waals surface area contributed by atoms with Gasteiger partial charge in [-0.25, -0.2) is 0 Å². The zero-order valence-electron chi connectivity index (χ0n) is 12.3. The van der Waals surface area contributed by atoms with Crippen LogP contribution in [0.2, 0.25) is 5.02 Å². The van der Waals surface area contributed by atoms with E-state index in [9.17, 15) is 0 Å². The third kappa shape index (κ3) is 2.17. The molecule has 1 unspecified atom stereocenters. The van der Waals surface area contributed by atoms with Crippen molar-refractivity contribution in [3.63, 3.8) is 0 Å². The first kappa shape index (κ1) is 13.7. The molecule has 0 saturated carbocycles. The SMILES string of the molecule is Cc1c(Cl)cccc1-n1ccc2c1CC(C)(C)CC2N. The summed E-state index contributed by atoms with van der Waals surface area (Å²) < 4.78 is 2.26. The smallest absolute Gasteiger partial charge is 0.0496 e. The minimum absolute atomic E-state index is 0.134. The Morgan fingerprint density at radius 3 is 2.80 bits per heavy atom. The van der Waals surface area contributed by atoms with Crippen molar-refractivity contribution in [1.82, 2.24) is 4.57 Å². The van der Waals surface area contributed by atoms with Crippen LogP contribution in [0.3, 0.4) is 0 Å². The number of nitrogens with zero attached hydrogens (tertiary/aromatic N) is 1. The zero-order chi connectivity index (χ0) is 14.5. The molecule has 2 nitrogen and oxygen atoms in total. The predicted molar refractivity (Wildman–Crippen MR) is 84.5 cm³/mol. The molecule has 106 valence electrons. The molecule has 1 aromatic carbocycles. The zero-order valence-corrected chi connectivity index (χ0v) is 13.0. The molecule has 1 aromatic heterocycles. The Bertz CT molecular complexity index is 655. The third-order valence-electron chi connectivity index (χ3n) is 4.34. The Kier molecular flexibility index (Phi) is 3.19. The number of nitrogens with two attached hydrogens (primary N) is 1. The fraction of sp³-hybridized carbons (Fsp3) is 0.412. The molecule has 0 saturated heterocycles. The van der Waals surface area contributed by atoms with Crippen molar-refractivity contribution in [1.29, 1.82) is 0 Å². The quantitative estimate of drug-likeness (QED) is 0.828. The standard InChI is InChI=1S/C17H21ClN2/c1-11-13(18)5-4-6-15(11)20-8-7-12-14(19)9-17(2,3)10-16(12)20/h4-8,14H,9-10,19H2,1-3H3. The minimum atomic E-state index is 0.134. The van der Waals surface area contributed by atoms with Gasteiger partial charge in [0, 0.05) is 28.6 Å². The van der Waals surface area contributed by atoms with E-state index in [-0.39, 0.29) is 11.5 Å². The van der Waals surface area contributed by atoms with Gasteiger partial charge in [-0.05, 0) is 54.5 Å². The van der Waals surface area contributed by atoms with E-state index in [1.165, 1.54) is 11.3 Å². The molecule has 20 heavy (non-hydrogen) atoms. The lowest BCUT2D eigenvalue weighted by Gasteiger charge is -2.34. The van der Waals surface area contributed by atoms with Crippen LogP contribution in [0.4, 0.5) is 0 Å². The highest BCUT2D eigenvalue weighted by atomic mass is 35.5. The Labute approximate surface area is 125 Å². The molecule has 1 aliphatic rings. The highest BCUT2D eigenvalue weighted by Gasteiger charge is 2.32. The van der Waals surface area contributed by atoms with Crippen molar-refractivity contribution < 1.29 is 0 Å². The maximum Gasteiger partial charge on any atom is 0.0496 e. The second kappa shape index (κ2) is 4.64. The lowest BCUT2D eigenvalue weighted by molar-refractivity contribution is 0.278. The largest absolute Gasteiger partial charge is 0.324 e. The van der Waals surface area contributed by atoms with Crippen LogP contribution in [0.15, 0.2) is 30.5 Å². The van der Waals surface area contributed by atoms with E-state index in [0.717, 1.165) is 29.1 Å². The summed E-state index contributed by atoms with van der Waals surface area (Å²) in [5, 5.41) is 0.810. The first-order valence-electron chi connectivity index (χ1n) is 7.10. The van der Waals surface area contributed by atoms with Crippen molar-refractivity contribution in [2.75, 3.05) is 0 Å². The highest BCUT2D eigenvalue weighted by Crippen LogP contribution is 2.41. The van der Waals surface area contributed by atoms with Crippen LogP contribution in [0.1, 0.15) is 43.1 Å². The normalized spacial score (nSPS) is 20.8. The highest BCUT2D eigenvalue weighted by molar-refractivity contribution is 6.31. The molecule has 1 atom stereocenters. The van der Waals surface area contributed by atoms with Gasteiger partial charge in [0.2, 0.25) is 0 Å². The van der Waals surface area contributed by atoms with Crippen molar-refractivity contribution in [3.8, 4) is 5.69 Å². The molecule has 0 amide bonds. The van der Waals surface area contributed by atoms with Gasteiger partial charge in [0.15, 0.2) is 0 Å². The van der Waals surface area contributed by atoms with Crippen molar-refractivity contribution >= 4 is 11.6 Å². The Balaban J connectivity index is 2.16.